The van der Waals surface area contributed by atoms with E-state index in [-0.39, 0.29) is 6.61 Å². The van der Waals surface area contributed by atoms with Crippen LogP contribution < -0.4 is 0 Å². The highest BCUT2D eigenvalue weighted by Gasteiger charge is 2.00. The predicted molar refractivity (Wildman–Crippen MR) is 112 cm³/mol. The largest absolute Gasteiger partial charge is 0.392 e. The number of hydrogen-bond donors (Lipinski definition) is 1. The topological polar surface area (TPSA) is 46.0 Å². The number of aromatic nitrogens is 2. The number of fused-ring (bicyclic) bond motifs is 2. The quantitative estimate of drug-likeness (QED) is 0.372. The molecule has 4 rings (SSSR count). The maximum Gasteiger partial charge on any atom is 0.0720 e. The fourth-order valence-electron chi connectivity index (χ4n) is 2.50. The number of rotatable bonds is 2. The molecule has 4 aromatic rings. The molecule has 0 unspecified atom stereocenters. The Hall–Kier alpha value is -1.72. The van der Waals surface area contributed by atoms with Crippen LogP contribution in [-0.2, 0) is 11.9 Å². The first-order valence-corrected chi connectivity index (χ1v) is 9.73. The van der Waals surface area contributed by atoms with Gasteiger partial charge in [0.2, 0.25) is 0 Å². The van der Waals surface area contributed by atoms with E-state index < -0.39 is 0 Å². The zero-order chi connectivity index (χ0) is 18.5. The van der Waals surface area contributed by atoms with E-state index >= 15 is 0 Å². The number of hydrogen-bond acceptors (Lipinski definition) is 3. The van der Waals surface area contributed by atoms with Crippen molar-refractivity contribution in [3.05, 3.63) is 82.1 Å². The van der Waals surface area contributed by atoms with Gasteiger partial charge in [0.05, 0.1) is 27.7 Å². The van der Waals surface area contributed by atoms with E-state index in [1.807, 2.05) is 36.4 Å². The number of pyridine rings is 2. The fourth-order valence-corrected chi connectivity index (χ4v) is 3.28. The second-order valence-electron chi connectivity index (χ2n) is 5.58. The van der Waals surface area contributed by atoms with Crippen LogP contribution in [0.1, 0.15) is 11.1 Å². The van der Waals surface area contributed by atoms with Gasteiger partial charge in [-0.25, -0.2) is 0 Å². The number of benzene rings is 2. The zero-order valence-corrected chi connectivity index (χ0v) is 16.8. The third-order valence-electron chi connectivity index (χ3n) is 3.84. The van der Waals surface area contributed by atoms with Crippen molar-refractivity contribution in [3.8, 4) is 0 Å². The van der Waals surface area contributed by atoms with E-state index in [4.69, 9.17) is 28.3 Å². The highest BCUT2D eigenvalue weighted by Crippen LogP contribution is 2.23. The van der Waals surface area contributed by atoms with Crippen LogP contribution >= 0.6 is 39.1 Å². The molecule has 132 valence electrons. The van der Waals surface area contributed by atoms with Gasteiger partial charge in [0, 0.05) is 28.5 Å². The van der Waals surface area contributed by atoms with Crippen molar-refractivity contribution >= 4 is 60.9 Å². The van der Waals surface area contributed by atoms with Gasteiger partial charge in [-0.3, -0.25) is 9.97 Å². The summed E-state index contributed by atoms with van der Waals surface area (Å²) in [5.41, 5.74) is 3.83. The zero-order valence-electron chi connectivity index (χ0n) is 13.7. The molecule has 0 saturated heterocycles. The Kier molecular flexibility index (Phi) is 6.43. The van der Waals surface area contributed by atoms with Gasteiger partial charge >= 0.3 is 0 Å². The molecule has 0 aliphatic carbocycles. The van der Waals surface area contributed by atoms with E-state index in [1.165, 1.54) is 5.56 Å². The predicted octanol–water partition coefficient (Wildman–Crippen LogP) is 6.16. The second kappa shape index (κ2) is 8.78. The average molecular weight is 450 g/mol. The van der Waals surface area contributed by atoms with Crippen molar-refractivity contribution in [2.75, 3.05) is 0 Å². The Morgan fingerprint density at radius 1 is 0.769 bits per heavy atom. The van der Waals surface area contributed by atoms with Gasteiger partial charge in [0.1, 0.15) is 0 Å². The highest BCUT2D eigenvalue weighted by atomic mass is 79.9. The number of halogens is 3. The van der Waals surface area contributed by atoms with Crippen molar-refractivity contribution in [1.29, 1.82) is 0 Å². The minimum Gasteiger partial charge on any atom is -0.392 e. The summed E-state index contributed by atoms with van der Waals surface area (Å²) in [4.78, 5) is 8.40. The maximum atomic E-state index is 8.91. The molecular weight excluding hydrogens is 435 g/mol. The van der Waals surface area contributed by atoms with Crippen molar-refractivity contribution in [1.82, 2.24) is 9.97 Å². The Morgan fingerprint density at radius 2 is 1.27 bits per heavy atom. The van der Waals surface area contributed by atoms with Crippen molar-refractivity contribution in [2.24, 2.45) is 0 Å². The third-order valence-corrected chi connectivity index (χ3v) is 5.15. The van der Waals surface area contributed by atoms with Crippen LogP contribution in [0.3, 0.4) is 0 Å². The van der Waals surface area contributed by atoms with Crippen LogP contribution in [0.15, 0.2) is 60.9 Å². The van der Waals surface area contributed by atoms with E-state index in [9.17, 15) is 0 Å². The summed E-state index contributed by atoms with van der Waals surface area (Å²) in [5, 5.41) is 13.1. The summed E-state index contributed by atoms with van der Waals surface area (Å²) < 4.78 is 0. The van der Waals surface area contributed by atoms with Crippen LogP contribution in [-0.4, -0.2) is 15.1 Å². The van der Waals surface area contributed by atoms with Crippen LogP contribution in [0.5, 0.6) is 0 Å². The first-order valence-electron chi connectivity index (χ1n) is 7.85. The van der Waals surface area contributed by atoms with Gasteiger partial charge in [-0.15, -0.1) is 0 Å². The molecule has 0 aliphatic heterocycles. The Bertz CT molecular complexity index is 971. The van der Waals surface area contributed by atoms with Crippen molar-refractivity contribution in [2.45, 2.75) is 11.9 Å². The van der Waals surface area contributed by atoms with E-state index in [2.05, 4.69) is 25.9 Å². The van der Waals surface area contributed by atoms with Crippen LogP contribution in [0, 0.1) is 0 Å². The molecular formula is C20H15BrCl2N2O. The van der Waals surface area contributed by atoms with Gasteiger partial charge in [0.15, 0.2) is 0 Å². The SMILES string of the molecule is Clc1ccnc2cc(CBr)ccc12.OCc1ccc2c(Cl)ccnc2c1. The molecule has 1 N–H and O–H groups in total. The minimum absolute atomic E-state index is 0.0319. The lowest BCUT2D eigenvalue weighted by molar-refractivity contribution is 0.282. The molecule has 0 radical (unpaired) electrons. The molecule has 3 nitrogen and oxygen atoms in total. The van der Waals surface area contributed by atoms with Crippen LogP contribution in [0.25, 0.3) is 21.8 Å². The van der Waals surface area contributed by atoms with E-state index in [1.54, 1.807) is 24.5 Å². The molecule has 0 saturated carbocycles. The summed E-state index contributed by atoms with van der Waals surface area (Å²) in [6.07, 6.45) is 3.38. The number of alkyl halides is 1. The number of aliphatic hydroxyl groups is 1. The Morgan fingerprint density at radius 3 is 1.77 bits per heavy atom. The highest BCUT2D eigenvalue weighted by molar-refractivity contribution is 9.08. The van der Waals surface area contributed by atoms with Gasteiger partial charge in [-0.1, -0.05) is 63.4 Å². The molecule has 6 heteroatoms. The first kappa shape index (κ1) is 19.1. The van der Waals surface area contributed by atoms with Gasteiger partial charge in [-0.05, 0) is 35.4 Å². The fraction of sp³-hybridized carbons (Fsp3) is 0.100. The summed E-state index contributed by atoms with van der Waals surface area (Å²) in [7, 11) is 0. The second-order valence-corrected chi connectivity index (χ2v) is 6.96. The molecule has 0 spiro atoms. The molecule has 0 bridgehead atoms. The lowest BCUT2D eigenvalue weighted by atomic mass is 10.1. The van der Waals surface area contributed by atoms with Crippen molar-refractivity contribution < 1.29 is 5.11 Å². The molecule has 2 heterocycles. The van der Waals surface area contributed by atoms with Crippen LogP contribution in [0.4, 0.5) is 0 Å². The van der Waals surface area contributed by atoms with Gasteiger partial charge in [-0.2, -0.15) is 0 Å². The summed E-state index contributed by atoms with van der Waals surface area (Å²) in [5.74, 6) is 0. The molecule has 0 fully saturated rings. The van der Waals surface area contributed by atoms with Crippen LogP contribution in [0.2, 0.25) is 10.0 Å². The summed E-state index contributed by atoms with van der Waals surface area (Å²) in [6.45, 7) is 0.0319. The molecule has 0 atom stereocenters. The third kappa shape index (κ3) is 4.33. The average Bonchev–Trinajstić information content (AvgIpc) is 2.68. The monoisotopic (exact) mass is 448 g/mol. The van der Waals surface area contributed by atoms with E-state index in [0.717, 1.165) is 37.7 Å². The molecule has 2 aromatic heterocycles. The molecule has 0 amide bonds. The maximum absolute atomic E-state index is 8.91. The van der Waals surface area contributed by atoms with Crippen molar-refractivity contribution in [3.63, 3.8) is 0 Å². The van der Waals surface area contributed by atoms with Gasteiger partial charge in [0.25, 0.3) is 0 Å². The number of aliphatic hydroxyl groups excluding tert-OH is 1. The standard InChI is InChI=1S/C10H7BrClN.C10H8ClNO/c11-6-7-1-2-8-9(12)3-4-13-10(8)5-7;11-9-3-4-12-10-5-7(6-13)1-2-8(9)10/h1-5H,6H2;1-5,13H,6H2. The molecule has 0 aliphatic rings. The Labute approximate surface area is 169 Å². The first-order chi connectivity index (χ1) is 12.6. The van der Waals surface area contributed by atoms with Gasteiger partial charge < -0.3 is 5.11 Å². The lowest BCUT2D eigenvalue weighted by Gasteiger charge is -2.00. The molecule has 2 aromatic carbocycles. The smallest absolute Gasteiger partial charge is 0.0720 e. The van der Waals surface area contributed by atoms with E-state index in [0.29, 0.717) is 5.02 Å². The lowest BCUT2D eigenvalue weighted by Crippen LogP contribution is -1.85. The number of nitrogens with zero attached hydrogens (tertiary/aromatic N) is 2. The normalized spacial score (nSPS) is 10.6. The Balaban J connectivity index is 0.000000151. The summed E-state index contributed by atoms with van der Waals surface area (Å²) >= 11 is 15.4. The molecule has 26 heavy (non-hydrogen) atoms. The summed E-state index contributed by atoms with van der Waals surface area (Å²) in [6, 6.07) is 15.2. The minimum atomic E-state index is 0.0319.